The van der Waals surface area contributed by atoms with Crippen molar-refractivity contribution >= 4 is 23.4 Å². The Morgan fingerprint density at radius 3 is 2.70 bits per heavy atom. The average Bonchev–Trinajstić information content (AvgIpc) is 3.10. The molecular weight excluding hydrogens is 383 g/mol. The fourth-order valence-electron chi connectivity index (χ4n) is 2.09. The van der Waals surface area contributed by atoms with E-state index in [4.69, 9.17) is 0 Å². The van der Waals surface area contributed by atoms with Crippen molar-refractivity contribution in [1.82, 2.24) is 20.2 Å². The van der Waals surface area contributed by atoms with Crippen LogP contribution in [0.5, 0.6) is 5.75 Å². The van der Waals surface area contributed by atoms with Crippen LogP contribution < -0.4 is 10.1 Å². The van der Waals surface area contributed by atoms with Gasteiger partial charge in [0.15, 0.2) is 0 Å². The summed E-state index contributed by atoms with van der Waals surface area (Å²) in [5.41, 5.74) is 0.851. The molecule has 0 aliphatic heterocycles. The third kappa shape index (κ3) is 5.20. The molecule has 0 radical (unpaired) electrons. The molecule has 2 aromatic carbocycles. The highest BCUT2D eigenvalue weighted by Gasteiger charge is 2.12. The molecule has 11 heteroatoms. The molecule has 0 atom stereocenters. The van der Waals surface area contributed by atoms with Crippen LogP contribution in [-0.2, 0) is 4.79 Å². The minimum absolute atomic E-state index is 0.00774. The molecule has 0 unspecified atom stereocenters. The van der Waals surface area contributed by atoms with Gasteiger partial charge < -0.3 is 10.1 Å². The molecule has 0 bridgehead atoms. The molecule has 0 spiro atoms. The summed E-state index contributed by atoms with van der Waals surface area (Å²) in [4.78, 5) is 12.1. The van der Waals surface area contributed by atoms with Crippen molar-refractivity contribution in [2.45, 2.75) is 11.8 Å². The summed E-state index contributed by atoms with van der Waals surface area (Å²) in [7, 11) is 0. The highest BCUT2D eigenvalue weighted by molar-refractivity contribution is 7.99. The Bertz CT molecular complexity index is 920. The Hall–Kier alpha value is -3.08. The number of carbonyl (C=O) groups excluding carboxylic acids is 1. The van der Waals surface area contributed by atoms with Crippen molar-refractivity contribution in [3.63, 3.8) is 0 Å². The van der Waals surface area contributed by atoms with Gasteiger partial charge in [0.05, 0.1) is 11.4 Å². The van der Waals surface area contributed by atoms with Crippen molar-refractivity contribution in [1.29, 1.82) is 0 Å². The molecule has 1 aromatic heterocycles. The zero-order valence-corrected chi connectivity index (χ0v) is 14.4. The Morgan fingerprint density at radius 1 is 1.22 bits per heavy atom. The summed E-state index contributed by atoms with van der Waals surface area (Å²) < 4.78 is 43.1. The Morgan fingerprint density at radius 2 is 2.00 bits per heavy atom. The van der Waals surface area contributed by atoms with E-state index in [-0.39, 0.29) is 17.4 Å². The lowest BCUT2D eigenvalue weighted by atomic mass is 10.3. The van der Waals surface area contributed by atoms with E-state index in [2.05, 4.69) is 25.6 Å². The summed E-state index contributed by atoms with van der Waals surface area (Å²) >= 11 is 1.06. The lowest BCUT2D eigenvalue weighted by molar-refractivity contribution is -0.113. The lowest BCUT2D eigenvalue weighted by Crippen LogP contribution is -2.14. The van der Waals surface area contributed by atoms with Gasteiger partial charge in [0, 0.05) is 5.69 Å². The molecule has 0 saturated carbocycles. The fourth-order valence-corrected chi connectivity index (χ4v) is 2.78. The Balaban J connectivity index is 1.58. The number of nitrogens with zero attached hydrogens (tertiary/aromatic N) is 4. The average molecular weight is 395 g/mol. The molecule has 0 saturated heterocycles. The highest BCUT2D eigenvalue weighted by Crippen LogP contribution is 2.20. The van der Waals surface area contributed by atoms with Gasteiger partial charge in [0.25, 0.3) is 0 Å². The SMILES string of the molecule is O=C(CSc1nnnn1-c1cccc(F)c1)Nc1ccc(OC(F)F)cc1. The Kier molecular flexibility index (Phi) is 5.91. The van der Waals surface area contributed by atoms with Gasteiger partial charge in [-0.25, -0.2) is 4.39 Å². The van der Waals surface area contributed by atoms with E-state index in [9.17, 15) is 18.0 Å². The van der Waals surface area contributed by atoms with E-state index in [1.54, 1.807) is 6.07 Å². The predicted molar refractivity (Wildman–Crippen MR) is 91.5 cm³/mol. The Labute approximate surface area is 155 Å². The van der Waals surface area contributed by atoms with Gasteiger partial charge >= 0.3 is 6.61 Å². The van der Waals surface area contributed by atoms with E-state index >= 15 is 0 Å². The minimum Gasteiger partial charge on any atom is -0.435 e. The van der Waals surface area contributed by atoms with Crippen LogP contribution in [-0.4, -0.2) is 38.5 Å². The zero-order chi connectivity index (χ0) is 19.2. The number of aromatic nitrogens is 4. The first-order valence-corrected chi connectivity index (χ1v) is 8.51. The molecule has 0 aliphatic carbocycles. The second-order valence-corrected chi connectivity index (χ2v) is 6.04. The number of amides is 1. The third-order valence-electron chi connectivity index (χ3n) is 3.19. The van der Waals surface area contributed by atoms with Crippen LogP contribution in [0.3, 0.4) is 0 Å². The molecule has 27 heavy (non-hydrogen) atoms. The van der Waals surface area contributed by atoms with Crippen molar-refractivity contribution in [3.8, 4) is 11.4 Å². The molecular formula is C16H12F3N5O2S. The maximum atomic E-state index is 13.3. The van der Waals surface area contributed by atoms with Gasteiger partial charge in [-0.05, 0) is 52.9 Å². The number of thioether (sulfide) groups is 1. The van der Waals surface area contributed by atoms with Crippen LogP contribution in [0, 0.1) is 5.82 Å². The van der Waals surface area contributed by atoms with Crippen LogP contribution in [0.15, 0.2) is 53.7 Å². The van der Waals surface area contributed by atoms with Gasteiger partial charge in [0.2, 0.25) is 11.1 Å². The summed E-state index contributed by atoms with van der Waals surface area (Å²) in [6, 6.07) is 11.2. The predicted octanol–water partition coefficient (Wildman–Crippen LogP) is 3.13. The monoisotopic (exact) mass is 395 g/mol. The van der Waals surface area contributed by atoms with E-state index in [0.29, 0.717) is 16.5 Å². The second-order valence-electron chi connectivity index (χ2n) is 5.09. The minimum atomic E-state index is -2.91. The molecule has 1 N–H and O–H groups in total. The van der Waals surface area contributed by atoms with Crippen LogP contribution >= 0.6 is 11.8 Å². The van der Waals surface area contributed by atoms with E-state index in [1.165, 1.54) is 47.1 Å². The lowest BCUT2D eigenvalue weighted by Gasteiger charge is -2.07. The van der Waals surface area contributed by atoms with Crippen LogP contribution in [0.1, 0.15) is 0 Å². The molecule has 3 aromatic rings. The molecule has 1 heterocycles. The van der Waals surface area contributed by atoms with Gasteiger partial charge in [-0.3, -0.25) is 4.79 Å². The number of carbonyl (C=O) groups is 1. The highest BCUT2D eigenvalue weighted by atomic mass is 32.2. The summed E-state index contributed by atoms with van der Waals surface area (Å²) in [5.74, 6) is -0.802. The van der Waals surface area contributed by atoms with E-state index < -0.39 is 12.4 Å². The van der Waals surface area contributed by atoms with Crippen LogP contribution in [0.4, 0.5) is 18.9 Å². The standard InChI is InChI=1S/C16H12F3N5O2S/c17-10-2-1-3-12(8-10)24-16(21-22-23-24)27-9-14(25)20-11-4-6-13(7-5-11)26-15(18)19/h1-8,15H,9H2,(H,20,25). The molecule has 140 valence electrons. The van der Waals surface area contributed by atoms with Gasteiger partial charge in [-0.2, -0.15) is 13.5 Å². The topological polar surface area (TPSA) is 81.9 Å². The number of tetrazole rings is 1. The number of anilines is 1. The zero-order valence-electron chi connectivity index (χ0n) is 13.6. The smallest absolute Gasteiger partial charge is 0.387 e. The van der Waals surface area contributed by atoms with Crippen molar-refractivity contribution < 1.29 is 22.7 Å². The van der Waals surface area contributed by atoms with Gasteiger partial charge in [0.1, 0.15) is 11.6 Å². The van der Waals surface area contributed by atoms with Gasteiger partial charge in [-0.15, -0.1) is 5.10 Å². The maximum absolute atomic E-state index is 13.3. The van der Waals surface area contributed by atoms with Gasteiger partial charge in [-0.1, -0.05) is 17.8 Å². The third-order valence-corrected chi connectivity index (χ3v) is 4.11. The maximum Gasteiger partial charge on any atom is 0.387 e. The number of alkyl halides is 2. The number of benzene rings is 2. The van der Waals surface area contributed by atoms with E-state index in [1.807, 2.05) is 0 Å². The normalized spacial score (nSPS) is 10.8. The van der Waals surface area contributed by atoms with Crippen molar-refractivity contribution in [2.24, 2.45) is 0 Å². The van der Waals surface area contributed by atoms with Crippen LogP contribution in [0.25, 0.3) is 5.69 Å². The first-order valence-electron chi connectivity index (χ1n) is 7.53. The second kappa shape index (κ2) is 8.54. The number of halogens is 3. The van der Waals surface area contributed by atoms with Crippen molar-refractivity contribution in [3.05, 3.63) is 54.3 Å². The largest absolute Gasteiger partial charge is 0.435 e. The number of hydrogen-bond donors (Lipinski definition) is 1. The first-order chi connectivity index (χ1) is 13.0. The number of nitrogens with one attached hydrogen (secondary N) is 1. The molecule has 7 nitrogen and oxygen atoms in total. The number of ether oxygens (including phenoxy) is 1. The summed E-state index contributed by atoms with van der Waals surface area (Å²) in [5, 5.41) is 14.1. The fraction of sp³-hybridized carbons (Fsp3) is 0.125. The number of rotatable bonds is 7. The molecule has 1 amide bonds. The van der Waals surface area contributed by atoms with Crippen LogP contribution in [0.2, 0.25) is 0 Å². The van der Waals surface area contributed by atoms with E-state index in [0.717, 1.165) is 11.8 Å². The number of hydrogen-bond acceptors (Lipinski definition) is 6. The first kappa shape index (κ1) is 18.7. The summed E-state index contributed by atoms with van der Waals surface area (Å²) in [6.07, 6.45) is 0. The molecule has 0 aliphatic rings. The molecule has 3 rings (SSSR count). The quantitative estimate of drug-likeness (QED) is 0.619. The molecule has 0 fully saturated rings. The van der Waals surface area contributed by atoms with Crippen molar-refractivity contribution in [2.75, 3.05) is 11.1 Å². The summed E-state index contributed by atoms with van der Waals surface area (Å²) in [6.45, 7) is -2.91.